The lowest BCUT2D eigenvalue weighted by Crippen LogP contribution is -2.57. The number of rotatable bonds is 8. The van der Waals surface area contributed by atoms with Crippen molar-refractivity contribution >= 4 is 11.9 Å². The predicted octanol–water partition coefficient (Wildman–Crippen LogP) is 3.02. The van der Waals surface area contributed by atoms with Crippen molar-refractivity contribution in [3.63, 3.8) is 0 Å². The SMILES string of the molecule is COC(=O)C1=C(C)NC(C)C(CCN(C)Cc2ccccn2)(C(=O)O)C1c1cccc2c1OOC2. The second-order valence-corrected chi connectivity index (χ2v) is 9.16. The van der Waals surface area contributed by atoms with Gasteiger partial charge in [-0.2, -0.15) is 4.89 Å². The van der Waals surface area contributed by atoms with E-state index in [9.17, 15) is 14.7 Å². The number of carbonyl (C=O) groups excluding carboxylic acids is 1. The zero-order valence-corrected chi connectivity index (χ0v) is 20.4. The maximum Gasteiger partial charge on any atom is 0.336 e. The molecule has 4 rings (SSSR count). The third-order valence-corrected chi connectivity index (χ3v) is 7.08. The van der Waals surface area contributed by atoms with Crippen LogP contribution in [-0.2, 0) is 32.4 Å². The zero-order chi connectivity index (χ0) is 25.2. The van der Waals surface area contributed by atoms with Gasteiger partial charge in [0.15, 0.2) is 5.75 Å². The van der Waals surface area contributed by atoms with Gasteiger partial charge in [0.2, 0.25) is 0 Å². The summed E-state index contributed by atoms with van der Waals surface area (Å²) in [5, 5.41) is 14.0. The zero-order valence-electron chi connectivity index (χ0n) is 20.4. The Labute approximate surface area is 204 Å². The van der Waals surface area contributed by atoms with Crippen molar-refractivity contribution in [3.8, 4) is 5.75 Å². The number of pyridine rings is 1. The highest BCUT2D eigenvalue weighted by molar-refractivity contribution is 5.94. The fraction of sp³-hybridized carbons (Fsp3) is 0.423. The summed E-state index contributed by atoms with van der Waals surface area (Å²) in [7, 11) is 3.23. The lowest BCUT2D eigenvalue weighted by atomic mass is 9.60. The summed E-state index contributed by atoms with van der Waals surface area (Å²) in [6.07, 6.45) is 2.00. The largest absolute Gasteiger partial charge is 0.481 e. The van der Waals surface area contributed by atoms with Crippen LogP contribution in [0.3, 0.4) is 0 Å². The minimum absolute atomic E-state index is 0.257. The van der Waals surface area contributed by atoms with E-state index in [1.807, 2.05) is 55.3 Å². The number of hydrogen-bond acceptors (Lipinski definition) is 8. The average Bonchev–Trinajstić information content (AvgIpc) is 3.32. The van der Waals surface area contributed by atoms with Gasteiger partial charge in [0.05, 0.1) is 18.4 Å². The van der Waals surface area contributed by atoms with E-state index < -0.39 is 29.3 Å². The topological polar surface area (TPSA) is 110 Å². The summed E-state index contributed by atoms with van der Waals surface area (Å²) in [6.45, 7) is 4.91. The van der Waals surface area contributed by atoms with Crippen LogP contribution in [0, 0.1) is 5.41 Å². The fourth-order valence-electron chi connectivity index (χ4n) is 5.27. The number of allylic oxidation sites excluding steroid dienone is 1. The molecule has 3 atom stereocenters. The second kappa shape index (κ2) is 10.1. The van der Waals surface area contributed by atoms with E-state index in [-0.39, 0.29) is 18.6 Å². The third-order valence-electron chi connectivity index (χ3n) is 7.08. The number of benzene rings is 1. The molecular formula is C26H31N3O6. The first-order valence-corrected chi connectivity index (χ1v) is 11.6. The van der Waals surface area contributed by atoms with Gasteiger partial charge in [0.25, 0.3) is 0 Å². The molecular weight excluding hydrogens is 450 g/mol. The average molecular weight is 482 g/mol. The van der Waals surface area contributed by atoms with E-state index in [2.05, 4.69) is 10.3 Å². The first kappa shape index (κ1) is 24.7. The Balaban J connectivity index is 1.79. The van der Waals surface area contributed by atoms with Gasteiger partial charge in [-0.05, 0) is 46.0 Å². The Morgan fingerprint density at radius 2 is 2.09 bits per heavy atom. The number of nitrogens with zero attached hydrogens (tertiary/aromatic N) is 2. The molecule has 0 saturated carbocycles. The van der Waals surface area contributed by atoms with Gasteiger partial charge < -0.3 is 24.9 Å². The number of aromatic nitrogens is 1. The third kappa shape index (κ3) is 4.49. The standard InChI is InChI=1S/C26H31N3O6/c1-16-21(24(30)33-4)22(20-10-7-8-18-15-34-35-23(18)20)26(25(31)32,17(2)28-16)11-13-29(3)14-19-9-5-6-12-27-19/h5-10,12,17,22,28H,11,13-15H2,1-4H3,(H,31,32). The molecule has 0 amide bonds. The molecule has 0 spiro atoms. The molecule has 3 unspecified atom stereocenters. The Morgan fingerprint density at radius 1 is 1.29 bits per heavy atom. The molecule has 1 aromatic carbocycles. The van der Waals surface area contributed by atoms with Gasteiger partial charge in [-0.15, -0.1) is 0 Å². The Morgan fingerprint density at radius 3 is 2.77 bits per heavy atom. The molecule has 2 aliphatic heterocycles. The highest BCUT2D eigenvalue weighted by Gasteiger charge is 2.57. The van der Waals surface area contributed by atoms with Crippen LogP contribution >= 0.6 is 0 Å². The first-order chi connectivity index (χ1) is 16.8. The molecule has 9 nitrogen and oxygen atoms in total. The smallest absolute Gasteiger partial charge is 0.336 e. The lowest BCUT2D eigenvalue weighted by Gasteiger charge is -2.47. The number of carboxylic acids is 1. The van der Waals surface area contributed by atoms with Gasteiger partial charge in [-0.25, -0.2) is 4.79 Å². The van der Waals surface area contributed by atoms with E-state index in [1.54, 1.807) is 13.1 Å². The summed E-state index contributed by atoms with van der Waals surface area (Å²) in [5.74, 6) is -1.92. The van der Waals surface area contributed by atoms with E-state index in [1.165, 1.54) is 7.11 Å². The summed E-state index contributed by atoms with van der Waals surface area (Å²) in [4.78, 5) is 43.3. The molecule has 35 heavy (non-hydrogen) atoms. The molecule has 1 aromatic heterocycles. The molecule has 0 radical (unpaired) electrons. The summed E-state index contributed by atoms with van der Waals surface area (Å²) >= 11 is 0. The Kier molecular flexibility index (Phi) is 7.09. The van der Waals surface area contributed by atoms with Crippen LogP contribution < -0.4 is 10.2 Å². The molecule has 0 aliphatic carbocycles. The summed E-state index contributed by atoms with van der Waals surface area (Å²) in [5.41, 5.74) is 1.80. The molecule has 2 aromatic rings. The van der Waals surface area contributed by atoms with Crippen LogP contribution in [0.15, 0.2) is 53.9 Å². The number of carbonyl (C=O) groups is 2. The van der Waals surface area contributed by atoms with Gasteiger partial charge in [-0.3, -0.25) is 9.78 Å². The molecule has 9 heteroatoms. The van der Waals surface area contributed by atoms with Crippen LogP contribution in [0.2, 0.25) is 0 Å². The highest BCUT2D eigenvalue weighted by atomic mass is 17.2. The van der Waals surface area contributed by atoms with Crippen LogP contribution in [0.5, 0.6) is 5.75 Å². The minimum atomic E-state index is -1.37. The van der Waals surface area contributed by atoms with Crippen LogP contribution in [0.25, 0.3) is 0 Å². The molecule has 2 N–H and O–H groups in total. The van der Waals surface area contributed by atoms with Gasteiger partial charge in [0, 0.05) is 41.5 Å². The molecule has 0 bridgehead atoms. The van der Waals surface area contributed by atoms with Crippen molar-refractivity contribution in [2.24, 2.45) is 5.41 Å². The van der Waals surface area contributed by atoms with Gasteiger partial charge in [0.1, 0.15) is 12.0 Å². The second-order valence-electron chi connectivity index (χ2n) is 9.16. The maximum atomic E-state index is 13.2. The Bertz CT molecular complexity index is 1140. The van der Waals surface area contributed by atoms with Crippen molar-refractivity contribution in [1.82, 2.24) is 15.2 Å². The summed E-state index contributed by atoms with van der Waals surface area (Å²) < 4.78 is 5.12. The number of hydrogen-bond donors (Lipinski definition) is 2. The number of fused-ring (bicyclic) bond motifs is 1. The van der Waals surface area contributed by atoms with Crippen LogP contribution in [0.4, 0.5) is 0 Å². The Hall–Kier alpha value is -3.43. The molecule has 2 aliphatic rings. The van der Waals surface area contributed by atoms with Crippen molar-refractivity contribution in [1.29, 1.82) is 0 Å². The van der Waals surface area contributed by atoms with Gasteiger partial charge in [-0.1, -0.05) is 24.3 Å². The monoisotopic (exact) mass is 481 g/mol. The number of carboxylic acid groups (broad SMARTS) is 1. The van der Waals surface area contributed by atoms with E-state index in [0.29, 0.717) is 30.1 Å². The molecule has 0 fully saturated rings. The normalized spacial score (nSPS) is 23.5. The van der Waals surface area contributed by atoms with Gasteiger partial charge >= 0.3 is 11.9 Å². The number of ether oxygens (including phenoxy) is 1. The number of aliphatic carboxylic acids is 1. The predicted molar refractivity (Wildman–Crippen MR) is 127 cm³/mol. The number of para-hydroxylation sites is 1. The van der Waals surface area contributed by atoms with E-state index >= 15 is 0 Å². The highest BCUT2D eigenvalue weighted by Crippen LogP contribution is 2.53. The van der Waals surface area contributed by atoms with Crippen molar-refractivity contribution in [2.75, 3.05) is 20.7 Å². The minimum Gasteiger partial charge on any atom is -0.481 e. The van der Waals surface area contributed by atoms with E-state index in [0.717, 1.165) is 11.3 Å². The van der Waals surface area contributed by atoms with Crippen molar-refractivity contribution < 1.29 is 29.2 Å². The molecule has 0 saturated heterocycles. The van der Waals surface area contributed by atoms with E-state index in [4.69, 9.17) is 14.5 Å². The van der Waals surface area contributed by atoms with Crippen molar-refractivity contribution in [3.05, 3.63) is 70.7 Å². The lowest BCUT2D eigenvalue weighted by molar-refractivity contribution is -0.195. The molecule has 3 heterocycles. The quantitative estimate of drug-likeness (QED) is 0.434. The number of methoxy groups -OCH3 is 1. The number of esters is 1. The number of nitrogens with one attached hydrogen (secondary N) is 1. The van der Waals surface area contributed by atoms with Crippen LogP contribution in [-0.4, -0.2) is 53.7 Å². The van der Waals surface area contributed by atoms with Crippen molar-refractivity contribution in [2.45, 2.75) is 45.4 Å². The first-order valence-electron chi connectivity index (χ1n) is 11.6. The molecule has 186 valence electrons. The fourth-order valence-corrected chi connectivity index (χ4v) is 5.27. The van der Waals surface area contributed by atoms with Crippen LogP contribution in [0.1, 0.15) is 43.0 Å². The summed E-state index contributed by atoms with van der Waals surface area (Å²) in [6, 6.07) is 10.7. The maximum absolute atomic E-state index is 13.2.